The van der Waals surface area contributed by atoms with E-state index in [0.29, 0.717) is 0 Å². The number of nitrogens with one attached hydrogen (secondary N) is 2. The van der Waals surface area contributed by atoms with Crippen LogP contribution < -0.4 is 16.6 Å². The summed E-state index contributed by atoms with van der Waals surface area (Å²) < 4.78 is 37.4. The Labute approximate surface area is 121 Å². The largest absolute Gasteiger partial charge is 0.441 e. The number of halogens is 3. The number of alkyl halides is 3. The molecule has 2 rings (SSSR count). The van der Waals surface area contributed by atoms with Gasteiger partial charge < -0.3 is 5.32 Å². The number of nitrogens with two attached hydrogens (primary N) is 1. The van der Waals surface area contributed by atoms with Crippen LogP contribution >= 0.6 is 11.8 Å². The zero-order chi connectivity index (χ0) is 15.3. The molecular formula is C9H11F3N8S. The van der Waals surface area contributed by atoms with Gasteiger partial charge >= 0.3 is 5.51 Å². The molecule has 0 spiro atoms. The SMILES string of the molecule is NNc1nc(NCCSC(F)(F)F)nc(-n2cccn2)n1. The van der Waals surface area contributed by atoms with E-state index in [1.165, 1.54) is 10.9 Å². The monoisotopic (exact) mass is 320 g/mol. The number of hydrogen-bond donors (Lipinski definition) is 3. The Morgan fingerprint density at radius 1 is 1.24 bits per heavy atom. The topological polar surface area (TPSA) is 107 Å². The van der Waals surface area contributed by atoms with E-state index >= 15 is 0 Å². The number of anilines is 2. The zero-order valence-electron chi connectivity index (χ0n) is 10.5. The van der Waals surface area contributed by atoms with Crippen molar-refractivity contribution in [3.8, 4) is 5.95 Å². The molecule has 12 heteroatoms. The van der Waals surface area contributed by atoms with Crippen LogP contribution in [0.25, 0.3) is 5.95 Å². The van der Waals surface area contributed by atoms with E-state index in [2.05, 4.69) is 30.8 Å². The Balaban J connectivity index is 2.04. The van der Waals surface area contributed by atoms with E-state index in [0.717, 1.165) is 0 Å². The second kappa shape index (κ2) is 6.58. The van der Waals surface area contributed by atoms with Gasteiger partial charge in [-0.05, 0) is 17.8 Å². The summed E-state index contributed by atoms with van der Waals surface area (Å²) in [6.07, 6.45) is 3.14. The molecule has 0 bridgehead atoms. The van der Waals surface area contributed by atoms with Crippen molar-refractivity contribution >= 4 is 23.7 Å². The van der Waals surface area contributed by atoms with Crippen molar-refractivity contribution in [1.29, 1.82) is 0 Å². The maximum Gasteiger partial charge on any atom is 0.441 e. The molecule has 114 valence electrons. The van der Waals surface area contributed by atoms with E-state index in [1.54, 1.807) is 12.3 Å². The number of aromatic nitrogens is 5. The Hall–Kier alpha value is -2.08. The first-order chi connectivity index (χ1) is 9.98. The van der Waals surface area contributed by atoms with Gasteiger partial charge in [0.15, 0.2) is 0 Å². The van der Waals surface area contributed by atoms with Crippen LogP contribution in [0.4, 0.5) is 25.1 Å². The van der Waals surface area contributed by atoms with Gasteiger partial charge in [-0.2, -0.15) is 33.2 Å². The summed E-state index contributed by atoms with van der Waals surface area (Å²) in [6, 6.07) is 1.67. The lowest BCUT2D eigenvalue weighted by atomic mass is 10.7. The summed E-state index contributed by atoms with van der Waals surface area (Å²) in [5, 5.41) is 6.62. The van der Waals surface area contributed by atoms with Crippen LogP contribution in [0.2, 0.25) is 0 Å². The van der Waals surface area contributed by atoms with Crippen molar-refractivity contribution in [1.82, 2.24) is 24.7 Å². The molecule has 2 aromatic heterocycles. The van der Waals surface area contributed by atoms with E-state index in [4.69, 9.17) is 5.84 Å². The molecule has 0 unspecified atom stereocenters. The first kappa shape index (κ1) is 15.3. The van der Waals surface area contributed by atoms with E-state index < -0.39 is 5.51 Å². The molecule has 2 heterocycles. The lowest BCUT2D eigenvalue weighted by molar-refractivity contribution is -0.0327. The molecule has 0 saturated carbocycles. The van der Waals surface area contributed by atoms with Crippen LogP contribution in [0, 0.1) is 0 Å². The average molecular weight is 320 g/mol. The molecule has 0 aliphatic heterocycles. The van der Waals surface area contributed by atoms with Crippen LogP contribution in [0.3, 0.4) is 0 Å². The van der Waals surface area contributed by atoms with Crippen LogP contribution in [-0.2, 0) is 0 Å². The van der Waals surface area contributed by atoms with Gasteiger partial charge in [0, 0.05) is 24.7 Å². The highest BCUT2D eigenvalue weighted by molar-refractivity contribution is 8.00. The maximum atomic E-state index is 12.0. The molecule has 0 fully saturated rings. The van der Waals surface area contributed by atoms with Gasteiger partial charge in [-0.25, -0.2) is 10.5 Å². The minimum atomic E-state index is -4.26. The van der Waals surface area contributed by atoms with Crippen molar-refractivity contribution in [2.24, 2.45) is 5.84 Å². The summed E-state index contributed by atoms with van der Waals surface area (Å²) >= 11 is -0.127. The summed E-state index contributed by atoms with van der Waals surface area (Å²) in [5.74, 6) is 5.43. The van der Waals surface area contributed by atoms with Crippen LogP contribution in [-0.4, -0.2) is 42.5 Å². The number of thioether (sulfide) groups is 1. The molecule has 0 saturated heterocycles. The summed E-state index contributed by atoms with van der Waals surface area (Å²) in [7, 11) is 0. The zero-order valence-corrected chi connectivity index (χ0v) is 11.3. The Bertz CT molecular complexity index is 573. The Kier molecular flexibility index (Phi) is 4.80. The minimum Gasteiger partial charge on any atom is -0.353 e. The molecule has 8 nitrogen and oxygen atoms in total. The molecule has 21 heavy (non-hydrogen) atoms. The standard InChI is InChI=1S/C9H11F3N8S/c10-9(11,12)21-5-3-14-6-16-7(19-13)18-8(17-6)20-4-1-2-15-20/h1-2,4H,3,5,13H2,(H2,14,16,17,18,19). The number of rotatable bonds is 6. The van der Waals surface area contributed by atoms with Crippen LogP contribution in [0.5, 0.6) is 0 Å². The van der Waals surface area contributed by atoms with Crippen LogP contribution in [0.1, 0.15) is 0 Å². The molecule has 0 radical (unpaired) electrons. The molecule has 0 amide bonds. The third kappa shape index (κ3) is 4.75. The minimum absolute atomic E-state index is 0.0384. The summed E-state index contributed by atoms with van der Waals surface area (Å²) in [5.41, 5.74) is -2.00. The number of hydrazine groups is 1. The highest BCUT2D eigenvalue weighted by atomic mass is 32.2. The predicted octanol–water partition coefficient (Wildman–Crippen LogP) is 1.01. The highest BCUT2D eigenvalue weighted by Gasteiger charge is 2.27. The van der Waals surface area contributed by atoms with Gasteiger partial charge in [-0.1, -0.05) is 0 Å². The molecule has 0 aliphatic rings. The first-order valence-corrected chi connectivity index (χ1v) is 6.64. The van der Waals surface area contributed by atoms with Gasteiger partial charge in [0.2, 0.25) is 11.9 Å². The summed E-state index contributed by atoms with van der Waals surface area (Å²) in [6.45, 7) is 0.0384. The van der Waals surface area contributed by atoms with E-state index in [1.807, 2.05) is 0 Å². The number of hydrogen-bond acceptors (Lipinski definition) is 8. The average Bonchev–Trinajstić information content (AvgIpc) is 2.96. The van der Waals surface area contributed by atoms with Gasteiger partial charge in [-0.15, -0.1) is 0 Å². The molecular weight excluding hydrogens is 309 g/mol. The Morgan fingerprint density at radius 2 is 2.00 bits per heavy atom. The molecule has 4 N–H and O–H groups in total. The normalized spacial score (nSPS) is 11.4. The van der Waals surface area contributed by atoms with Gasteiger partial charge in [-0.3, -0.25) is 5.43 Å². The molecule has 2 aromatic rings. The fraction of sp³-hybridized carbons (Fsp3) is 0.333. The Morgan fingerprint density at radius 3 is 2.62 bits per heavy atom. The molecule has 0 aromatic carbocycles. The third-order valence-corrected chi connectivity index (χ3v) is 2.85. The van der Waals surface area contributed by atoms with Gasteiger partial charge in [0.1, 0.15) is 0 Å². The third-order valence-electron chi connectivity index (χ3n) is 2.11. The van der Waals surface area contributed by atoms with Crippen LogP contribution in [0.15, 0.2) is 18.5 Å². The lowest BCUT2D eigenvalue weighted by Crippen LogP contribution is -2.17. The van der Waals surface area contributed by atoms with E-state index in [-0.39, 0.29) is 41.9 Å². The van der Waals surface area contributed by atoms with Gasteiger partial charge in [0.05, 0.1) is 0 Å². The lowest BCUT2D eigenvalue weighted by Gasteiger charge is -2.09. The second-order valence-electron chi connectivity index (χ2n) is 3.60. The second-order valence-corrected chi connectivity index (χ2v) is 4.76. The van der Waals surface area contributed by atoms with Crippen molar-refractivity contribution in [2.45, 2.75) is 5.51 Å². The first-order valence-electron chi connectivity index (χ1n) is 5.65. The van der Waals surface area contributed by atoms with E-state index in [9.17, 15) is 13.2 Å². The van der Waals surface area contributed by atoms with Crippen molar-refractivity contribution in [3.63, 3.8) is 0 Å². The van der Waals surface area contributed by atoms with Crippen molar-refractivity contribution < 1.29 is 13.2 Å². The molecule has 0 aliphatic carbocycles. The molecule has 0 atom stereocenters. The highest BCUT2D eigenvalue weighted by Crippen LogP contribution is 2.29. The predicted molar refractivity (Wildman–Crippen MR) is 71.8 cm³/mol. The number of nitrogens with zero attached hydrogens (tertiary/aromatic N) is 5. The van der Waals surface area contributed by atoms with Crippen molar-refractivity contribution in [2.75, 3.05) is 23.0 Å². The maximum absolute atomic E-state index is 12.0. The fourth-order valence-corrected chi connectivity index (χ4v) is 1.76. The number of nitrogen functional groups attached to an aromatic ring is 1. The van der Waals surface area contributed by atoms with Crippen molar-refractivity contribution in [3.05, 3.63) is 18.5 Å². The quantitative estimate of drug-likeness (QED) is 0.411. The van der Waals surface area contributed by atoms with Gasteiger partial charge in [0.25, 0.3) is 5.95 Å². The fourth-order valence-electron chi connectivity index (χ4n) is 1.33. The smallest absolute Gasteiger partial charge is 0.353 e. The summed E-state index contributed by atoms with van der Waals surface area (Å²) in [4.78, 5) is 11.9.